The summed E-state index contributed by atoms with van der Waals surface area (Å²) < 4.78 is 0. The summed E-state index contributed by atoms with van der Waals surface area (Å²) in [6.07, 6.45) is 4.34. The number of pyridine rings is 1. The molecule has 0 spiro atoms. The lowest BCUT2D eigenvalue weighted by molar-refractivity contribution is 0.818. The minimum atomic E-state index is 0.684. The maximum Gasteiger partial charge on any atom is 0.140 e. The Morgan fingerprint density at radius 3 is 3.25 bits per heavy atom. The first-order valence-corrected chi connectivity index (χ1v) is 5.46. The Morgan fingerprint density at radius 1 is 1.56 bits per heavy atom. The molecule has 4 heteroatoms. The highest BCUT2D eigenvalue weighted by molar-refractivity contribution is 6.35. The van der Waals surface area contributed by atoms with E-state index in [1.54, 1.807) is 12.3 Å². The number of nitrogens with one attached hydrogen (secondary N) is 2. The number of halogens is 1. The summed E-state index contributed by atoms with van der Waals surface area (Å²) in [7, 11) is 1.91. The topological polar surface area (TPSA) is 40.7 Å². The van der Waals surface area contributed by atoms with E-state index in [2.05, 4.69) is 27.1 Å². The van der Waals surface area contributed by atoms with Crippen LogP contribution in [0.2, 0.25) is 5.02 Å². The lowest BCUT2D eigenvalue weighted by Gasteiger charge is -1.93. The fourth-order valence-corrected chi connectivity index (χ4v) is 1.71. The van der Waals surface area contributed by atoms with Gasteiger partial charge < -0.3 is 10.3 Å². The molecule has 2 heterocycles. The molecule has 82 valence electrons. The minimum Gasteiger partial charge on any atom is -0.345 e. The first kappa shape index (κ1) is 11.0. The first-order chi connectivity index (χ1) is 7.83. The Morgan fingerprint density at radius 2 is 2.44 bits per heavy atom. The van der Waals surface area contributed by atoms with Crippen LogP contribution in [-0.2, 0) is 0 Å². The number of rotatable bonds is 2. The van der Waals surface area contributed by atoms with Gasteiger partial charge in [-0.05, 0) is 13.1 Å². The number of hydrogen-bond acceptors (Lipinski definition) is 2. The highest BCUT2D eigenvalue weighted by Gasteiger charge is 2.05. The zero-order valence-corrected chi connectivity index (χ0v) is 9.73. The molecule has 2 N–H and O–H groups in total. The van der Waals surface area contributed by atoms with E-state index >= 15 is 0 Å². The average molecular weight is 234 g/mol. The predicted octanol–water partition coefficient (Wildman–Crippen LogP) is 2.18. The third-order valence-corrected chi connectivity index (χ3v) is 2.56. The summed E-state index contributed by atoms with van der Waals surface area (Å²) in [6.45, 7) is 0.890. The van der Waals surface area contributed by atoms with Gasteiger partial charge in [0.1, 0.15) is 5.65 Å². The van der Waals surface area contributed by atoms with Crippen LogP contribution in [0.25, 0.3) is 11.0 Å². The Labute approximate surface area is 99.2 Å². The van der Waals surface area contributed by atoms with Gasteiger partial charge in [-0.25, -0.2) is 4.98 Å². The minimum absolute atomic E-state index is 0.684. The van der Waals surface area contributed by atoms with Crippen molar-refractivity contribution in [3.05, 3.63) is 29.0 Å². The molecule has 0 radical (unpaired) electrons. The van der Waals surface area contributed by atoms with Gasteiger partial charge in [-0.1, -0.05) is 23.4 Å². The van der Waals surface area contributed by atoms with Gasteiger partial charge in [0.15, 0.2) is 0 Å². The van der Waals surface area contributed by atoms with Gasteiger partial charge >= 0.3 is 0 Å². The van der Waals surface area contributed by atoms with E-state index in [0.29, 0.717) is 5.02 Å². The molecule has 0 aliphatic carbocycles. The second-order valence-electron chi connectivity index (χ2n) is 3.37. The van der Waals surface area contributed by atoms with E-state index in [4.69, 9.17) is 11.6 Å². The molecule has 0 saturated heterocycles. The molecule has 0 saturated carbocycles. The van der Waals surface area contributed by atoms with E-state index in [-0.39, 0.29) is 0 Å². The molecule has 0 aliphatic rings. The molecule has 16 heavy (non-hydrogen) atoms. The van der Waals surface area contributed by atoms with Crippen molar-refractivity contribution in [2.24, 2.45) is 0 Å². The summed E-state index contributed by atoms with van der Waals surface area (Å²) in [5.41, 5.74) is 1.69. The second kappa shape index (κ2) is 5.02. The Balaban J connectivity index is 2.33. The highest BCUT2D eigenvalue weighted by atomic mass is 35.5. The van der Waals surface area contributed by atoms with Crippen LogP contribution in [-0.4, -0.2) is 23.6 Å². The van der Waals surface area contributed by atoms with E-state index < -0.39 is 0 Å². The largest absolute Gasteiger partial charge is 0.345 e. The van der Waals surface area contributed by atoms with Gasteiger partial charge in [0.25, 0.3) is 0 Å². The van der Waals surface area contributed by atoms with Crippen molar-refractivity contribution in [1.82, 2.24) is 15.3 Å². The van der Waals surface area contributed by atoms with Gasteiger partial charge in [0.2, 0.25) is 0 Å². The molecule has 0 aliphatic heterocycles. The van der Waals surface area contributed by atoms with Crippen molar-refractivity contribution >= 4 is 22.6 Å². The number of nitrogens with zero attached hydrogens (tertiary/aromatic N) is 1. The Bertz CT molecular complexity index is 548. The van der Waals surface area contributed by atoms with Crippen molar-refractivity contribution < 1.29 is 0 Å². The molecule has 2 rings (SSSR count). The molecule has 0 amide bonds. The van der Waals surface area contributed by atoms with Crippen molar-refractivity contribution in [3.8, 4) is 11.8 Å². The molecule has 3 nitrogen and oxygen atoms in total. The van der Waals surface area contributed by atoms with Crippen molar-refractivity contribution in [3.63, 3.8) is 0 Å². The van der Waals surface area contributed by atoms with Crippen molar-refractivity contribution in [2.45, 2.75) is 6.42 Å². The molecule has 2 aromatic rings. The number of fused-ring (bicyclic) bond motifs is 1. The summed E-state index contributed by atoms with van der Waals surface area (Å²) >= 11 is 6.10. The van der Waals surface area contributed by atoms with Crippen LogP contribution in [0.4, 0.5) is 0 Å². The van der Waals surface area contributed by atoms with Gasteiger partial charge in [-0.2, -0.15) is 0 Å². The predicted molar refractivity (Wildman–Crippen MR) is 66.5 cm³/mol. The quantitative estimate of drug-likeness (QED) is 0.617. The van der Waals surface area contributed by atoms with Gasteiger partial charge in [-0.3, -0.25) is 0 Å². The third kappa shape index (κ3) is 2.19. The fourth-order valence-electron chi connectivity index (χ4n) is 1.46. The van der Waals surface area contributed by atoms with Gasteiger partial charge in [-0.15, -0.1) is 0 Å². The zero-order valence-electron chi connectivity index (χ0n) is 8.97. The van der Waals surface area contributed by atoms with Gasteiger partial charge in [0, 0.05) is 25.4 Å². The van der Waals surface area contributed by atoms with Crippen molar-refractivity contribution in [1.29, 1.82) is 0 Å². The van der Waals surface area contributed by atoms with Crippen LogP contribution in [0.5, 0.6) is 0 Å². The standard InChI is InChI=1S/C12H12ClN3/c1-14-6-3-2-4-9-8-16-12-11(9)10(13)5-7-15-12/h5,7-8,14H,3,6H2,1H3,(H,15,16). The van der Waals surface area contributed by atoms with E-state index in [1.165, 1.54) is 0 Å². The SMILES string of the molecule is CNCCC#Cc1c[nH]c2nccc(Cl)c12. The lowest BCUT2D eigenvalue weighted by atomic mass is 10.2. The van der Waals surface area contributed by atoms with Crippen LogP contribution in [0.3, 0.4) is 0 Å². The van der Waals surface area contributed by atoms with E-state index in [1.807, 2.05) is 13.2 Å². The molecule has 0 bridgehead atoms. The normalized spacial score (nSPS) is 10.1. The molecule has 0 aromatic carbocycles. The smallest absolute Gasteiger partial charge is 0.140 e. The maximum atomic E-state index is 6.10. The summed E-state index contributed by atoms with van der Waals surface area (Å²) in [4.78, 5) is 7.24. The molecular formula is C12H12ClN3. The molecule has 0 unspecified atom stereocenters. The number of hydrogen-bond donors (Lipinski definition) is 2. The summed E-state index contributed by atoms with van der Waals surface area (Å²) in [5, 5.41) is 4.64. The van der Waals surface area contributed by atoms with Crippen LogP contribution in [0.1, 0.15) is 12.0 Å². The first-order valence-electron chi connectivity index (χ1n) is 5.08. The van der Waals surface area contributed by atoms with E-state index in [0.717, 1.165) is 29.6 Å². The summed E-state index contributed by atoms with van der Waals surface area (Å²) in [6, 6.07) is 1.77. The Hall–Kier alpha value is -1.50. The third-order valence-electron chi connectivity index (χ3n) is 2.25. The van der Waals surface area contributed by atoms with Crippen LogP contribution < -0.4 is 5.32 Å². The maximum absolute atomic E-state index is 6.10. The Kier molecular flexibility index (Phi) is 3.45. The monoisotopic (exact) mass is 233 g/mol. The number of aromatic amines is 1. The molecular weight excluding hydrogens is 222 g/mol. The molecule has 0 fully saturated rings. The van der Waals surface area contributed by atoms with Crippen molar-refractivity contribution in [2.75, 3.05) is 13.6 Å². The highest BCUT2D eigenvalue weighted by Crippen LogP contribution is 2.23. The van der Waals surface area contributed by atoms with Gasteiger partial charge in [0.05, 0.1) is 16.0 Å². The number of aromatic nitrogens is 2. The average Bonchev–Trinajstić information content (AvgIpc) is 2.69. The van der Waals surface area contributed by atoms with E-state index in [9.17, 15) is 0 Å². The molecule has 0 atom stereocenters. The zero-order chi connectivity index (χ0) is 11.4. The van der Waals surface area contributed by atoms with Crippen LogP contribution in [0, 0.1) is 11.8 Å². The number of H-pyrrole nitrogens is 1. The fraction of sp³-hybridized carbons (Fsp3) is 0.250. The second-order valence-corrected chi connectivity index (χ2v) is 3.78. The lowest BCUT2D eigenvalue weighted by Crippen LogP contribution is -2.05. The summed E-state index contributed by atoms with van der Waals surface area (Å²) in [5.74, 6) is 6.19. The molecule has 2 aromatic heterocycles. The van der Waals surface area contributed by atoms with Crippen LogP contribution in [0.15, 0.2) is 18.5 Å². The van der Waals surface area contributed by atoms with Crippen LogP contribution >= 0.6 is 11.6 Å².